The second kappa shape index (κ2) is 7.25. The number of anilines is 2. The van der Waals surface area contributed by atoms with Gasteiger partial charge in [-0.15, -0.1) is 0 Å². The van der Waals surface area contributed by atoms with E-state index in [0.29, 0.717) is 5.65 Å². The van der Waals surface area contributed by atoms with E-state index in [1.54, 1.807) is 6.20 Å². The van der Waals surface area contributed by atoms with Gasteiger partial charge in [0.05, 0.1) is 11.1 Å². The van der Waals surface area contributed by atoms with Gasteiger partial charge in [-0.3, -0.25) is 0 Å². The standard InChI is InChI=1S/C25H20N6/c1-3-9-20-17(6-1)16(14-27-20)11-12-23-30-24-19(8-5-13-26-24)25(31-23)29-22-15-28-21-10-4-2-7-18(21)22/h1-10,13-15,27-28H,11-12H2,(H,26,29,30,31). The predicted molar refractivity (Wildman–Crippen MR) is 125 cm³/mol. The van der Waals surface area contributed by atoms with Gasteiger partial charge in [0.1, 0.15) is 11.6 Å². The van der Waals surface area contributed by atoms with Gasteiger partial charge in [-0.1, -0.05) is 36.4 Å². The molecule has 0 aliphatic carbocycles. The quantitative estimate of drug-likeness (QED) is 0.353. The van der Waals surface area contributed by atoms with Gasteiger partial charge in [-0.25, -0.2) is 15.0 Å². The van der Waals surface area contributed by atoms with Crippen LogP contribution < -0.4 is 5.32 Å². The molecule has 0 aliphatic heterocycles. The fourth-order valence-electron chi connectivity index (χ4n) is 4.10. The molecule has 6 aromatic rings. The average Bonchev–Trinajstić information content (AvgIpc) is 3.42. The molecule has 150 valence electrons. The van der Waals surface area contributed by atoms with Crippen molar-refractivity contribution >= 4 is 44.3 Å². The number of aromatic amines is 2. The van der Waals surface area contributed by atoms with Gasteiger partial charge in [-0.05, 0) is 36.2 Å². The van der Waals surface area contributed by atoms with E-state index < -0.39 is 0 Å². The van der Waals surface area contributed by atoms with Crippen molar-refractivity contribution in [2.45, 2.75) is 12.8 Å². The molecular weight excluding hydrogens is 384 g/mol. The Bertz CT molecular complexity index is 1530. The Morgan fingerprint density at radius 2 is 1.45 bits per heavy atom. The lowest BCUT2D eigenvalue weighted by Crippen LogP contribution is -2.04. The van der Waals surface area contributed by atoms with E-state index in [2.05, 4.69) is 56.8 Å². The summed E-state index contributed by atoms with van der Waals surface area (Å²) in [6.07, 6.45) is 7.41. The fraction of sp³-hybridized carbons (Fsp3) is 0.0800. The summed E-state index contributed by atoms with van der Waals surface area (Å²) >= 11 is 0. The highest BCUT2D eigenvalue weighted by molar-refractivity contribution is 5.97. The van der Waals surface area contributed by atoms with Crippen LogP contribution >= 0.6 is 0 Å². The molecule has 6 rings (SSSR count). The van der Waals surface area contributed by atoms with Crippen molar-refractivity contribution in [3.8, 4) is 0 Å². The second-order valence-corrected chi connectivity index (χ2v) is 7.60. The normalized spacial score (nSPS) is 11.5. The maximum atomic E-state index is 4.88. The molecular formula is C25H20N6. The average molecular weight is 404 g/mol. The van der Waals surface area contributed by atoms with Crippen LogP contribution in [0.3, 0.4) is 0 Å². The summed E-state index contributed by atoms with van der Waals surface area (Å²) in [6, 6.07) is 20.5. The molecule has 0 saturated heterocycles. The van der Waals surface area contributed by atoms with Crippen LogP contribution in [0.4, 0.5) is 11.5 Å². The SMILES string of the molecule is c1ccc2c(CCc3nc(Nc4c[nH]c5ccccc45)c4cccnc4n3)c[nH]c2c1. The summed E-state index contributed by atoms with van der Waals surface area (Å²) in [5.74, 6) is 1.55. The Morgan fingerprint density at radius 3 is 2.35 bits per heavy atom. The molecule has 0 bridgehead atoms. The Balaban J connectivity index is 1.36. The summed E-state index contributed by atoms with van der Waals surface area (Å²) in [5.41, 5.74) is 5.20. The maximum absolute atomic E-state index is 4.88. The molecule has 0 unspecified atom stereocenters. The first-order valence-corrected chi connectivity index (χ1v) is 10.3. The summed E-state index contributed by atoms with van der Waals surface area (Å²) in [7, 11) is 0. The first-order valence-electron chi connectivity index (χ1n) is 10.3. The zero-order chi connectivity index (χ0) is 20.6. The van der Waals surface area contributed by atoms with Gasteiger partial charge in [0.25, 0.3) is 0 Å². The molecule has 6 nitrogen and oxygen atoms in total. The van der Waals surface area contributed by atoms with E-state index in [4.69, 9.17) is 9.97 Å². The molecule has 4 aromatic heterocycles. The van der Waals surface area contributed by atoms with Crippen LogP contribution in [0.15, 0.2) is 79.3 Å². The smallest absolute Gasteiger partial charge is 0.164 e. The third-order valence-corrected chi connectivity index (χ3v) is 5.65. The van der Waals surface area contributed by atoms with Crippen molar-refractivity contribution in [3.05, 3.63) is 90.6 Å². The van der Waals surface area contributed by atoms with Gasteiger partial charge in [-0.2, -0.15) is 0 Å². The summed E-state index contributed by atoms with van der Waals surface area (Å²) in [5, 5.41) is 6.78. The van der Waals surface area contributed by atoms with Crippen LogP contribution in [0.2, 0.25) is 0 Å². The van der Waals surface area contributed by atoms with Crippen molar-refractivity contribution in [2.75, 3.05) is 5.32 Å². The highest BCUT2D eigenvalue weighted by Crippen LogP contribution is 2.28. The number of nitrogens with one attached hydrogen (secondary N) is 3. The fourth-order valence-corrected chi connectivity index (χ4v) is 4.10. The topological polar surface area (TPSA) is 82.3 Å². The minimum atomic E-state index is 0.703. The number of nitrogens with zero attached hydrogens (tertiary/aromatic N) is 3. The summed E-state index contributed by atoms with van der Waals surface area (Å²) in [6.45, 7) is 0. The Kier molecular flexibility index (Phi) is 4.13. The monoisotopic (exact) mass is 404 g/mol. The lowest BCUT2D eigenvalue weighted by Gasteiger charge is -2.10. The molecule has 31 heavy (non-hydrogen) atoms. The van der Waals surface area contributed by atoms with Crippen LogP contribution in [0.1, 0.15) is 11.4 Å². The third-order valence-electron chi connectivity index (χ3n) is 5.65. The molecule has 0 amide bonds. The zero-order valence-corrected chi connectivity index (χ0v) is 16.8. The largest absolute Gasteiger partial charge is 0.361 e. The molecule has 0 saturated carbocycles. The number of H-pyrrole nitrogens is 2. The Morgan fingerprint density at radius 1 is 0.710 bits per heavy atom. The molecule has 0 radical (unpaired) electrons. The summed E-state index contributed by atoms with van der Waals surface area (Å²) in [4.78, 5) is 20.7. The van der Waals surface area contributed by atoms with Crippen molar-refractivity contribution in [1.29, 1.82) is 0 Å². The van der Waals surface area contributed by atoms with Crippen LogP contribution in [-0.2, 0) is 12.8 Å². The van der Waals surface area contributed by atoms with E-state index >= 15 is 0 Å². The number of pyridine rings is 1. The number of rotatable bonds is 5. The summed E-state index contributed by atoms with van der Waals surface area (Å²) < 4.78 is 0. The number of hydrogen-bond donors (Lipinski definition) is 3. The molecule has 0 spiro atoms. The first kappa shape index (κ1) is 17.7. The van der Waals surface area contributed by atoms with Gasteiger partial charge >= 0.3 is 0 Å². The second-order valence-electron chi connectivity index (χ2n) is 7.60. The van der Waals surface area contributed by atoms with Gasteiger partial charge in [0.2, 0.25) is 0 Å². The van der Waals surface area contributed by atoms with Crippen LogP contribution in [-0.4, -0.2) is 24.9 Å². The minimum Gasteiger partial charge on any atom is -0.361 e. The lowest BCUT2D eigenvalue weighted by atomic mass is 10.1. The number of aromatic nitrogens is 5. The van der Waals surface area contributed by atoms with Gasteiger partial charge in [0, 0.05) is 46.8 Å². The number of aryl methyl sites for hydroxylation is 2. The number of benzene rings is 2. The number of fused-ring (bicyclic) bond motifs is 3. The first-order chi connectivity index (χ1) is 15.3. The van der Waals surface area contributed by atoms with Crippen LogP contribution in [0.5, 0.6) is 0 Å². The van der Waals surface area contributed by atoms with E-state index in [1.165, 1.54) is 10.9 Å². The molecule has 3 N–H and O–H groups in total. The maximum Gasteiger partial charge on any atom is 0.164 e. The number of hydrogen-bond acceptors (Lipinski definition) is 4. The van der Waals surface area contributed by atoms with Crippen LogP contribution in [0.25, 0.3) is 32.8 Å². The van der Waals surface area contributed by atoms with Gasteiger partial charge < -0.3 is 15.3 Å². The molecule has 6 heteroatoms. The zero-order valence-electron chi connectivity index (χ0n) is 16.8. The molecule has 4 heterocycles. The molecule has 0 fully saturated rings. The number of para-hydroxylation sites is 2. The van der Waals surface area contributed by atoms with Crippen molar-refractivity contribution in [1.82, 2.24) is 24.9 Å². The van der Waals surface area contributed by atoms with E-state index in [1.807, 2.05) is 36.5 Å². The highest BCUT2D eigenvalue weighted by Gasteiger charge is 2.12. The minimum absolute atomic E-state index is 0.703. The third kappa shape index (κ3) is 3.18. The van der Waals surface area contributed by atoms with Crippen molar-refractivity contribution < 1.29 is 0 Å². The van der Waals surface area contributed by atoms with Crippen LogP contribution in [0, 0.1) is 0 Å². The molecule has 0 aliphatic rings. The van der Waals surface area contributed by atoms with E-state index in [9.17, 15) is 0 Å². The van der Waals surface area contributed by atoms with E-state index in [0.717, 1.165) is 52.0 Å². The van der Waals surface area contributed by atoms with Crippen molar-refractivity contribution in [3.63, 3.8) is 0 Å². The molecule has 2 aromatic carbocycles. The molecule has 0 atom stereocenters. The van der Waals surface area contributed by atoms with Crippen molar-refractivity contribution in [2.24, 2.45) is 0 Å². The lowest BCUT2D eigenvalue weighted by molar-refractivity contribution is 0.872. The Labute approximate surface area is 178 Å². The Hall–Kier alpha value is -4.19. The highest BCUT2D eigenvalue weighted by atomic mass is 15.1. The van der Waals surface area contributed by atoms with E-state index in [-0.39, 0.29) is 0 Å². The van der Waals surface area contributed by atoms with Gasteiger partial charge in [0.15, 0.2) is 5.65 Å². The predicted octanol–water partition coefficient (Wildman–Crippen LogP) is 5.52.